The summed E-state index contributed by atoms with van der Waals surface area (Å²) in [5.74, 6) is 0.938. The highest BCUT2D eigenvalue weighted by Crippen LogP contribution is 2.33. The Bertz CT molecular complexity index is 435. The van der Waals surface area contributed by atoms with E-state index in [1.54, 1.807) is 0 Å². The van der Waals surface area contributed by atoms with Crippen molar-refractivity contribution in [3.63, 3.8) is 0 Å². The highest BCUT2D eigenvalue weighted by atomic mass is 16.5. The molecule has 0 radical (unpaired) electrons. The van der Waals surface area contributed by atoms with Crippen molar-refractivity contribution < 1.29 is 4.74 Å². The van der Waals surface area contributed by atoms with Gasteiger partial charge in [0.1, 0.15) is 12.4 Å². The maximum Gasteiger partial charge on any atom is 0.124 e. The number of benzene rings is 1. The number of nitrogens with zero attached hydrogens (tertiary/aromatic N) is 2. The minimum absolute atomic E-state index is 0.0181. The van der Waals surface area contributed by atoms with Gasteiger partial charge in [-0.25, -0.2) is 0 Å². The Morgan fingerprint density at radius 2 is 2.05 bits per heavy atom. The van der Waals surface area contributed by atoms with E-state index in [0.717, 1.165) is 24.4 Å². The summed E-state index contributed by atoms with van der Waals surface area (Å²) in [6.07, 6.45) is 0. The summed E-state index contributed by atoms with van der Waals surface area (Å²) in [6.45, 7) is 7.14. The molecule has 0 fully saturated rings. The zero-order chi connectivity index (χ0) is 14.7. The molecule has 2 rings (SSSR count). The summed E-state index contributed by atoms with van der Waals surface area (Å²) >= 11 is 0. The van der Waals surface area contributed by atoms with E-state index in [2.05, 4.69) is 43.8 Å². The van der Waals surface area contributed by atoms with Crippen LogP contribution in [0, 0.1) is 0 Å². The van der Waals surface area contributed by atoms with Crippen LogP contribution in [0.5, 0.6) is 5.75 Å². The molecule has 0 amide bonds. The van der Waals surface area contributed by atoms with Crippen LogP contribution in [-0.4, -0.2) is 55.7 Å². The van der Waals surface area contributed by atoms with Gasteiger partial charge in [-0.05, 0) is 33.6 Å². The first-order valence-corrected chi connectivity index (χ1v) is 7.42. The van der Waals surface area contributed by atoms with Gasteiger partial charge in [0.15, 0.2) is 0 Å². The van der Waals surface area contributed by atoms with E-state index >= 15 is 0 Å². The molecule has 0 saturated carbocycles. The van der Waals surface area contributed by atoms with Crippen LogP contribution in [0.25, 0.3) is 0 Å². The SMILES string of the molecule is CCN(C(C)CN(C)C)C1COc2ccccc2C1N. The molecule has 4 nitrogen and oxygen atoms in total. The quantitative estimate of drug-likeness (QED) is 0.890. The predicted octanol–water partition coefficient (Wildman–Crippen LogP) is 1.72. The van der Waals surface area contributed by atoms with Gasteiger partial charge in [-0.15, -0.1) is 0 Å². The number of likely N-dealkylation sites (N-methyl/N-ethyl adjacent to an activating group) is 2. The second kappa shape index (κ2) is 6.57. The molecule has 1 aliphatic rings. The molecule has 1 aromatic carbocycles. The molecule has 0 aliphatic carbocycles. The van der Waals surface area contributed by atoms with Gasteiger partial charge < -0.3 is 15.4 Å². The molecule has 1 aromatic rings. The van der Waals surface area contributed by atoms with Crippen molar-refractivity contribution >= 4 is 0 Å². The predicted molar refractivity (Wildman–Crippen MR) is 83.0 cm³/mol. The summed E-state index contributed by atoms with van der Waals surface area (Å²) in [5, 5.41) is 0. The fraction of sp³-hybridized carbons (Fsp3) is 0.625. The van der Waals surface area contributed by atoms with Crippen molar-refractivity contribution in [1.82, 2.24) is 9.80 Å². The van der Waals surface area contributed by atoms with E-state index in [1.807, 2.05) is 18.2 Å². The number of ether oxygens (including phenoxy) is 1. The lowest BCUT2D eigenvalue weighted by molar-refractivity contribution is 0.0619. The molecule has 4 heteroatoms. The standard InChI is InChI=1S/C16H27N3O/c1-5-19(12(2)10-18(3)4)14-11-20-15-9-7-6-8-13(15)16(14)17/h6-9,12,14,16H,5,10-11,17H2,1-4H3. The fourth-order valence-corrected chi connectivity index (χ4v) is 3.18. The largest absolute Gasteiger partial charge is 0.492 e. The van der Waals surface area contributed by atoms with E-state index in [9.17, 15) is 0 Å². The fourth-order valence-electron chi connectivity index (χ4n) is 3.18. The van der Waals surface area contributed by atoms with Crippen molar-refractivity contribution in [2.75, 3.05) is 33.8 Å². The number of para-hydroxylation sites is 1. The Hall–Kier alpha value is -1.10. The third kappa shape index (κ3) is 3.14. The highest BCUT2D eigenvalue weighted by molar-refractivity contribution is 5.38. The summed E-state index contributed by atoms with van der Waals surface area (Å²) in [5.41, 5.74) is 7.62. The molecular weight excluding hydrogens is 250 g/mol. The van der Waals surface area contributed by atoms with Crippen LogP contribution in [0.15, 0.2) is 24.3 Å². The Morgan fingerprint density at radius 3 is 2.70 bits per heavy atom. The Kier molecular flexibility index (Phi) is 5.02. The number of hydrogen-bond acceptors (Lipinski definition) is 4. The van der Waals surface area contributed by atoms with Crippen LogP contribution in [0.2, 0.25) is 0 Å². The van der Waals surface area contributed by atoms with Gasteiger partial charge in [-0.2, -0.15) is 0 Å². The highest BCUT2D eigenvalue weighted by Gasteiger charge is 2.33. The third-order valence-corrected chi connectivity index (χ3v) is 4.09. The van der Waals surface area contributed by atoms with E-state index < -0.39 is 0 Å². The van der Waals surface area contributed by atoms with Crippen LogP contribution in [-0.2, 0) is 0 Å². The van der Waals surface area contributed by atoms with Gasteiger partial charge in [-0.1, -0.05) is 25.1 Å². The van der Waals surface area contributed by atoms with Crippen molar-refractivity contribution in [3.8, 4) is 5.75 Å². The normalized spacial score (nSPS) is 23.6. The lowest BCUT2D eigenvalue weighted by Crippen LogP contribution is -2.54. The van der Waals surface area contributed by atoms with Crippen LogP contribution in [0.3, 0.4) is 0 Å². The lowest BCUT2D eigenvalue weighted by Gasteiger charge is -2.42. The molecule has 1 heterocycles. The maximum atomic E-state index is 6.50. The minimum Gasteiger partial charge on any atom is -0.492 e. The van der Waals surface area contributed by atoms with Gasteiger partial charge in [0.05, 0.1) is 12.1 Å². The molecule has 0 aromatic heterocycles. The molecule has 2 N–H and O–H groups in total. The molecule has 3 unspecified atom stereocenters. The van der Waals surface area contributed by atoms with Gasteiger partial charge >= 0.3 is 0 Å². The molecule has 20 heavy (non-hydrogen) atoms. The zero-order valence-corrected chi connectivity index (χ0v) is 13.0. The van der Waals surface area contributed by atoms with E-state index in [-0.39, 0.29) is 12.1 Å². The molecule has 1 aliphatic heterocycles. The summed E-state index contributed by atoms with van der Waals surface area (Å²) in [7, 11) is 4.22. The van der Waals surface area contributed by atoms with Gasteiger partial charge in [0.2, 0.25) is 0 Å². The van der Waals surface area contributed by atoms with Crippen LogP contribution in [0.1, 0.15) is 25.5 Å². The Labute approximate surface area is 122 Å². The first-order chi connectivity index (χ1) is 9.54. The Morgan fingerprint density at radius 1 is 1.35 bits per heavy atom. The lowest BCUT2D eigenvalue weighted by atomic mass is 9.95. The van der Waals surface area contributed by atoms with Crippen LogP contribution < -0.4 is 10.5 Å². The molecule has 0 bridgehead atoms. The van der Waals surface area contributed by atoms with E-state index in [0.29, 0.717) is 12.6 Å². The van der Waals surface area contributed by atoms with Crippen molar-refractivity contribution in [1.29, 1.82) is 0 Å². The molecule has 0 spiro atoms. The van der Waals surface area contributed by atoms with E-state index in [1.165, 1.54) is 0 Å². The first-order valence-electron chi connectivity index (χ1n) is 7.42. The van der Waals surface area contributed by atoms with Crippen molar-refractivity contribution in [2.24, 2.45) is 5.73 Å². The Balaban J connectivity index is 2.16. The van der Waals surface area contributed by atoms with Crippen molar-refractivity contribution in [3.05, 3.63) is 29.8 Å². The first kappa shape index (κ1) is 15.3. The number of hydrogen-bond donors (Lipinski definition) is 1. The van der Waals surface area contributed by atoms with Crippen LogP contribution >= 0.6 is 0 Å². The van der Waals surface area contributed by atoms with Gasteiger partial charge in [0, 0.05) is 18.2 Å². The van der Waals surface area contributed by atoms with Crippen molar-refractivity contribution in [2.45, 2.75) is 32.0 Å². The second-order valence-electron chi connectivity index (χ2n) is 5.88. The summed E-state index contributed by atoms with van der Waals surface area (Å²) < 4.78 is 5.91. The zero-order valence-electron chi connectivity index (χ0n) is 13.0. The van der Waals surface area contributed by atoms with Gasteiger partial charge in [-0.3, -0.25) is 4.90 Å². The molecular formula is C16H27N3O. The summed E-state index contributed by atoms with van der Waals surface area (Å²) in [4.78, 5) is 4.68. The molecule has 0 saturated heterocycles. The number of nitrogens with two attached hydrogens (primary N) is 1. The third-order valence-electron chi connectivity index (χ3n) is 4.09. The average Bonchev–Trinajstić information content (AvgIpc) is 2.41. The topological polar surface area (TPSA) is 41.7 Å². The number of fused-ring (bicyclic) bond motifs is 1. The summed E-state index contributed by atoms with van der Waals surface area (Å²) in [6, 6.07) is 8.83. The van der Waals surface area contributed by atoms with Crippen LogP contribution in [0.4, 0.5) is 0 Å². The molecule has 112 valence electrons. The van der Waals surface area contributed by atoms with E-state index in [4.69, 9.17) is 10.5 Å². The number of rotatable bonds is 5. The monoisotopic (exact) mass is 277 g/mol. The maximum absolute atomic E-state index is 6.50. The van der Waals surface area contributed by atoms with Gasteiger partial charge in [0.25, 0.3) is 0 Å². The second-order valence-corrected chi connectivity index (χ2v) is 5.88. The average molecular weight is 277 g/mol. The minimum atomic E-state index is 0.0181. The molecule has 3 atom stereocenters. The smallest absolute Gasteiger partial charge is 0.124 e.